The average Bonchev–Trinajstić information content (AvgIpc) is 2.69. The zero-order valence-corrected chi connectivity index (χ0v) is 9.62. The van der Waals surface area contributed by atoms with E-state index in [0.29, 0.717) is 11.6 Å². The van der Waals surface area contributed by atoms with Gasteiger partial charge in [-0.1, -0.05) is 0 Å². The van der Waals surface area contributed by atoms with Gasteiger partial charge in [0.25, 0.3) is 0 Å². The van der Waals surface area contributed by atoms with Crippen molar-refractivity contribution in [2.75, 3.05) is 5.73 Å². The maximum absolute atomic E-state index is 8.98. The Morgan fingerprint density at radius 3 is 2.72 bits per heavy atom. The molecule has 0 saturated carbocycles. The highest BCUT2D eigenvalue weighted by Gasteiger charge is 2.11. The van der Waals surface area contributed by atoms with Crippen molar-refractivity contribution in [3.8, 4) is 12.1 Å². The van der Waals surface area contributed by atoms with Gasteiger partial charge in [-0.15, -0.1) is 0 Å². The first kappa shape index (κ1) is 11.6. The summed E-state index contributed by atoms with van der Waals surface area (Å²) < 4.78 is 1.52. The smallest absolute Gasteiger partial charge is 0.176 e. The van der Waals surface area contributed by atoms with Crippen molar-refractivity contribution in [2.24, 2.45) is 0 Å². The van der Waals surface area contributed by atoms with Gasteiger partial charge in [0, 0.05) is 11.8 Å². The second kappa shape index (κ2) is 4.52. The normalized spacial score (nSPS) is 9.72. The Labute approximate surface area is 103 Å². The molecule has 2 aromatic heterocycles. The van der Waals surface area contributed by atoms with Gasteiger partial charge in [0.1, 0.15) is 18.0 Å². The first-order chi connectivity index (χ1) is 8.63. The van der Waals surface area contributed by atoms with Crippen molar-refractivity contribution in [1.29, 1.82) is 10.5 Å². The Bertz CT molecular complexity index is 651. The van der Waals surface area contributed by atoms with E-state index in [1.54, 1.807) is 13.0 Å². The van der Waals surface area contributed by atoms with Gasteiger partial charge in [-0.25, -0.2) is 15.0 Å². The number of nitrogen functional groups attached to an aromatic ring is 1. The van der Waals surface area contributed by atoms with Crippen LogP contribution in [-0.4, -0.2) is 19.5 Å². The highest BCUT2D eigenvalue weighted by Crippen LogP contribution is 2.08. The molecule has 0 aliphatic carbocycles. The summed E-state index contributed by atoms with van der Waals surface area (Å²) in [5, 5.41) is 17.8. The number of aryl methyl sites for hydroxylation is 1. The Morgan fingerprint density at radius 1 is 1.33 bits per heavy atom. The molecule has 0 fully saturated rings. The van der Waals surface area contributed by atoms with Gasteiger partial charge in [-0.2, -0.15) is 10.5 Å². The molecule has 2 heterocycles. The number of hydrogen-bond donors (Lipinski definition) is 1. The summed E-state index contributed by atoms with van der Waals surface area (Å²) in [6.45, 7) is 2.06. The van der Waals surface area contributed by atoms with E-state index in [1.807, 2.05) is 12.1 Å². The second-order valence-electron chi connectivity index (χ2n) is 3.64. The molecular weight excluding hydrogens is 230 g/mol. The number of imidazole rings is 1. The topological polar surface area (TPSA) is 117 Å². The van der Waals surface area contributed by atoms with Crippen LogP contribution in [0.2, 0.25) is 0 Å². The van der Waals surface area contributed by atoms with Crippen LogP contribution in [0.1, 0.15) is 22.9 Å². The summed E-state index contributed by atoms with van der Waals surface area (Å²) in [5.41, 5.74) is 6.66. The van der Waals surface area contributed by atoms with E-state index < -0.39 is 0 Å². The second-order valence-corrected chi connectivity index (χ2v) is 3.64. The number of nitrogens with two attached hydrogens (primary N) is 1. The Kier molecular flexibility index (Phi) is 2.90. The average molecular weight is 239 g/mol. The third-order valence-corrected chi connectivity index (χ3v) is 2.28. The summed E-state index contributed by atoms with van der Waals surface area (Å²) in [7, 11) is 0. The number of hydrogen-bond acceptors (Lipinski definition) is 6. The van der Waals surface area contributed by atoms with Crippen LogP contribution in [-0.2, 0) is 6.54 Å². The molecule has 7 heteroatoms. The third kappa shape index (κ3) is 2.11. The van der Waals surface area contributed by atoms with Crippen LogP contribution in [0.5, 0.6) is 0 Å². The minimum atomic E-state index is 0.0955. The highest BCUT2D eigenvalue weighted by atomic mass is 15.1. The van der Waals surface area contributed by atoms with Crippen LogP contribution < -0.4 is 5.73 Å². The lowest BCUT2D eigenvalue weighted by atomic mass is 10.3. The lowest BCUT2D eigenvalue weighted by Crippen LogP contribution is -2.08. The van der Waals surface area contributed by atoms with Crippen LogP contribution in [0.15, 0.2) is 12.4 Å². The van der Waals surface area contributed by atoms with Gasteiger partial charge in [0.15, 0.2) is 17.2 Å². The molecule has 0 aliphatic heterocycles. The first-order valence-electron chi connectivity index (χ1n) is 5.09. The quantitative estimate of drug-likeness (QED) is 0.808. The van der Waals surface area contributed by atoms with Crippen molar-refractivity contribution in [3.05, 3.63) is 35.3 Å². The summed E-state index contributed by atoms with van der Waals surface area (Å²) in [5.74, 6) is 0.850. The molecule has 2 aromatic rings. The first-order valence-corrected chi connectivity index (χ1v) is 5.09. The molecule has 0 saturated heterocycles. The molecule has 18 heavy (non-hydrogen) atoms. The van der Waals surface area contributed by atoms with E-state index in [-0.39, 0.29) is 17.9 Å². The van der Waals surface area contributed by atoms with Crippen LogP contribution in [0, 0.1) is 29.6 Å². The van der Waals surface area contributed by atoms with Gasteiger partial charge in [0.2, 0.25) is 0 Å². The minimum absolute atomic E-state index is 0.0955. The van der Waals surface area contributed by atoms with E-state index >= 15 is 0 Å². The fraction of sp³-hybridized carbons (Fsp3) is 0.182. The van der Waals surface area contributed by atoms with Gasteiger partial charge in [-0.05, 0) is 6.92 Å². The maximum atomic E-state index is 8.98. The van der Waals surface area contributed by atoms with E-state index in [2.05, 4.69) is 15.0 Å². The van der Waals surface area contributed by atoms with Crippen LogP contribution >= 0.6 is 0 Å². The van der Waals surface area contributed by atoms with Crippen molar-refractivity contribution in [1.82, 2.24) is 19.5 Å². The lowest BCUT2D eigenvalue weighted by molar-refractivity contribution is 0.731. The van der Waals surface area contributed by atoms with Crippen molar-refractivity contribution >= 4 is 5.82 Å². The van der Waals surface area contributed by atoms with Gasteiger partial charge in [-0.3, -0.25) is 0 Å². The summed E-state index contributed by atoms with van der Waals surface area (Å²) in [6.07, 6.45) is 1.42. The summed E-state index contributed by atoms with van der Waals surface area (Å²) >= 11 is 0. The fourth-order valence-corrected chi connectivity index (χ4v) is 1.58. The molecule has 0 unspecified atom stereocenters. The fourth-order valence-electron chi connectivity index (χ4n) is 1.58. The molecule has 0 aromatic carbocycles. The van der Waals surface area contributed by atoms with Gasteiger partial charge >= 0.3 is 0 Å². The molecule has 2 N–H and O–H groups in total. The zero-order chi connectivity index (χ0) is 13.1. The minimum Gasteiger partial charge on any atom is -0.384 e. The molecule has 0 radical (unpaired) electrons. The van der Waals surface area contributed by atoms with Crippen molar-refractivity contribution in [3.63, 3.8) is 0 Å². The number of rotatable bonds is 2. The molecule has 2 rings (SSSR count). The zero-order valence-electron chi connectivity index (χ0n) is 9.62. The molecular formula is C11H9N7. The highest BCUT2D eigenvalue weighted by molar-refractivity contribution is 5.36. The largest absolute Gasteiger partial charge is 0.384 e. The summed E-state index contributed by atoms with van der Waals surface area (Å²) in [6, 6.07) is 5.45. The predicted octanol–water partition coefficient (Wildman–Crippen LogP) is 0.355. The molecule has 7 nitrogen and oxygen atoms in total. The molecule has 0 bridgehead atoms. The molecule has 0 spiro atoms. The van der Waals surface area contributed by atoms with Crippen molar-refractivity contribution < 1.29 is 0 Å². The van der Waals surface area contributed by atoms with E-state index in [9.17, 15) is 0 Å². The molecule has 0 atom stereocenters. The standard InChI is InChI=1S/C11H9N7/c1-7-2-10(14)17-11(16-7)5-18-6-15-8(3-12)9(18)4-13/h2,6H,5H2,1H3,(H2,14,16,17). The lowest BCUT2D eigenvalue weighted by Gasteiger charge is -2.04. The molecule has 0 aliphatic rings. The predicted molar refractivity (Wildman–Crippen MR) is 61.9 cm³/mol. The molecule has 0 amide bonds. The third-order valence-electron chi connectivity index (χ3n) is 2.28. The monoisotopic (exact) mass is 239 g/mol. The Hall–Kier alpha value is -2.93. The summed E-state index contributed by atoms with van der Waals surface area (Å²) in [4.78, 5) is 12.1. The number of aromatic nitrogens is 4. The Morgan fingerprint density at radius 2 is 2.11 bits per heavy atom. The number of anilines is 1. The van der Waals surface area contributed by atoms with Crippen LogP contribution in [0.25, 0.3) is 0 Å². The van der Waals surface area contributed by atoms with Crippen molar-refractivity contribution in [2.45, 2.75) is 13.5 Å². The van der Waals surface area contributed by atoms with Gasteiger partial charge in [0.05, 0.1) is 12.9 Å². The number of nitrogens with zero attached hydrogens (tertiary/aromatic N) is 6. The van der Waals surface area contributed by atoms with E-state index in [1.165, 1.54) is 10.9 Å². The Balaban J connectivity index is 2.38. The SMILES string of the molecule is Cc1cc(N)nc(Cn2cnc(C#N)c2C#N)n1. The van der Waals surface area contributed by atoms with E-state index in [4.69, 9.17) is 16.3 Å². The number of nitriles is 2. The van der Waals surface area contributed by atoms with Crippen LogP contribution in [0.4, 0.5) is 5.82 Å². The molecule has 88 valence electrons. The maximum Gasteiger partial charge on any atom is 0.176 e. The van der Waals surface area contributed by atoms with Crippen LogP contribution in [0.3, 0.4) is 0 Å². The van der Waals surface area contributed by atoms with Gasteiger partial charge < -0.3 is 10.3 Å². The van der Waals surface area contributed by atoms with E-state index in [0.717, 1.165) is 5.69 Å².